The van der Waals surface area contributed by atoms with Crippen LogP contribution in [0.1, 0.15) is 17.2 Å². The first-order valence-corrected chi connectivity index (χ1v) is 12.3. The van der Waals surface area contributed by atoms with E-state index in [9.17, 15) is 8.42 Å². The van der Waals surface area contributed by atoms with Gasteiger partial charge in [-0.15, -0.1) is 0 Å². The van der Waals surface area contributed by atoms with E-state index in [2.05, 4.69) is 17.0 Å². The van der Waals surface area contributed by atoms with Crippen LogP contribution in [0, 0.1) is 0 Å². The molecular weight excluding hydrogens is 430 g/mol. The molecule has 0 spiro atoms. The van der Waals surface area contributed by atoms with Crippen LogP contribution >= 0.6 is 0 Å². The van der Waals surface area contributed by atoms with Crippen LogP contribution in [0.2, 0.25) is 0 Å². The molecule has 4 rings (SSSR count). The fraction of sp³-hybridized carbons (Fsp3) is 0.478. The Kier molecular flexibility index (Phi) is 7.02. The second-order valence-electron chi connectivity index (χ2n) is 8.18. The Labute approximate surface area is 190 Å². The van der Waals surface area contributed by atoms with Crippen LogP contribution in [-0.2, 0) is 21.4 Å². The summed E-state index contributed by atoms with van der Waals surface area (Å²) in [6.07, 6.45) is 0. The number of hydroxylamine groups is 2. The zero-order chi connectivity index (χ0) is 22.7. The number of sulfonamides is 1. The summed E-state index contributed by atoms with van der Waals surface area (Å²) in [6.45, 7) is 3.31. The lowest BCUT2D eigenvalue weighted by atomic mass is 10.0. The summed E-state index contributed by atoms with van der Waals surface area (Å²) in [5.74, 6) is 1.23. The minimum absolute atomic E-state index is 0.118. The topological polar surface area (TPSA) is 71.5 Å². The zero-order valence-corrected chi connectivity index (χ0v) is 19.6. The van der Waals surface area contributed by atoms with Gasteiger partial charge < -0.3 is 9.47 Å². The first-order valence-electron chi connectivity index (χ1n) is 10.8. The molecule has 8 nitrogen and oxygen atoms in total. The molecule has 2 aliphatic heterocycles. The maximum atomic E-state index is 13.6. The Morgan fingerprint density at radius 1 is 0.969 bits per heavy atom. The van der Waals surface area contributed by atoms with Crippen LogP contribution in [0.3, 0.4) is 0 Å². The van der Waals surface area contributed by atoms with Crippen molar-refractivity contribution in [1.82, 2.24) is 14.3 Å². The molecule has 9 heteroatoms. The second-order valence-corrected chi connectivity index (χ2v) is 10.3. The largest absolute Gasteiger partial charge is 0.497 e. The summed E-state index contributed by atoms with van der Waals surface area (Å²) < 4.78 is 39.6. The van der Waals surface area contributed by atoms with Gasteiger partial charge in [0, 0.05) is 45.8 Å². The van der Waals surface area contributed by atoms with Crippen molar-refractivity contribution >= 4 is 10.0 Å². The van der Waals surface area contributed by atoms with Crippen molar-refractivity contribution in [2.75, 3.05) is 54.1 Å². The van der Waals surface area contributed by atoms with E-state index < -0.39 is 21.3 Å². The van der Waals surface area contributed by atoms with Crippen LogP contribution in [-0.4, -0.2) is 82.0 Å². The predicted octanol–water partition coefficient (Wildman–Crippen LogP) is 2.14. The van der Waals surface area contributed by atoms with Crippen molar-refractivity contribution in [1.29, 1.82) is 0 Å². The molecule has 2 aliphatic rings. The van der Waals surface area contributed by atoms with Crippen molar-refractivity contribution < 1.29 is 22.7 Å². The van der Waals surface area contributed by atoms with Gasteiger partial charge in [-0.2, -0.15) is 9.37 Å². The van der Waals surface area contributed by atoms with Gasteiger partial charge in [0.05, 0.1) is 26.9 Å². The van der Waals surface area contributed by atoms with E-state index in [4.69, 9.17) is 14.3 Å². The average Bonchev–Trinajstić information content (AvgIpc) is 3.22. The lowest BCUT2D eigenvalue weighted by Gasteiger charge is -2.36. The number of benzene rings is 2. The predicted molar refractivity (Wildman–Crippen MR) is 122 cm³/mol. The molecule has 2 saturated heterocycles. The fourth-order valence-corrected chi connectivity index (χ4v) is 6.39. The van der Waals surface area contributed by atoms with E-state index in [1.807, 2.05) is 30.3 Å². The Balaban J connectivity index is 1.49. The Morgan fingerprint density at radius 2 is 1.59 bits per heavy atom. The summed E-state index contributed by atoms with van der Waals surface area (Å²) >= 11 is 0. The fourth-order valence-electron chi connectivity index (χ4n) is 4.45. The Morgan fingerprint density at radius 3 is 2.19 bits per heavy atom. The molecule has 0 aliphatic carbocycles. The minimum Gasteiger partial charge on any atom is -0.497 e. The van der Waals surface area contributed by atoms with Crippen molar-refractivity contribution in [3.63, 3.8) is 0 Å². The summed E-state index contributed by atoms with van der Waals surface area (Å²) in [6, 6.07) is 15.3. The lowest BCUT2D eigenvalue weighted by Crippen LogP contribution is -2.51. The number of methoxy groups -OCH3 is 2. The molecule has 2 heterocycles. The van der Waals surface area contributed by atoms with Crippen LogP contribution < -0.4 is 9.47 Å². The van der Waals surface area contributed by atoms with Gasteiger partial charge >= 0.3 is 0 Å². The highest BCUT2D eigenvalue weighted by atomic mass is 32.2. The first-order chi connectivity index (χ1) is 15.4. The maximum Gasteiger partial charge on any atom is 0.221 e. The Hall–Kier alpha value is -2.17. The third kappa shape index (κ3) is 4.77. The molecule has 174 valence electrons. The average molecular weight is 462 g/mol. The normalized spacial score (nSPS) is 23.3. The molecular formula is C23H31N3O5S. The smallest absolute Gasteiger partial charge is 0.221 e. The number of rotatable bonds is 7. The molecule has 0 radical (unpaired) electrons. The summed E-state index contributed by atoms with van der Waals surface area (Å²) in [7, 11) is 1.36. The quantitative estimate of drug-likeness (QED) is 0.626. The Bertz CT molecular complexity index is 987. The third-order valence-electron chi connectivity index (χ3n) is 6.22. The van der Waals surface area contributed by atoms with Gasteiger partial charge in [-0.1, -0.05) is 30.3 Å². The SMILES string of the molecule is COc1cc(OC)cc([C@@H]2[C@H](S(=O)(=O)N3CCN(Cc4ccccc4)CC3)CON2C)c1. The van der Waals surface area contributed by atoms with Gasteiger partial charge in [-0.05, 0) is 23.3 Å². The molecule has 2 atom stereocenters. The third-order valence-corrected chi connectivity index (χ3v) is 8.47. The number of ether oxygens (including phenoxy) is 2. The van der Waals surface area contributed by atoms with Crippen molar-refractivity contribution in [3.05, 3.63) is 59.7 Å². The summed E-state index contributed by atoms with van der Waals surface area (Å²) in [5, 5.41) is 0.923. The van der Waals surface area contributed by atoms with Gasteiger partial charge in [0.2, 0.25) is 10.0 Å². The van der Waals surface area contributed by atoms with Gasteiger partial charge in [-0.25, -0.2) is 8.42 Å². The molecule has 32 heavy (non-hydrogen) atoms. The molecule has 0 N–H and O–H groups in total. The van der Waals surface area contributed by atoms with Crippen LogP contribution in [0.4, 0.5) is 0 Å². The number of hydrogen-bond donors (Lipinski definition) is 0. The number of hydrogen-bond acceptors (Lipinski definition) is 7. The molecule has 2 aromatic rings. The number of nitrogens with zero attached hydrogens (tertiary/aromatic N) is 3. The monoisotopic (exact) mass is 461 g/mol. The van der Waals surface area contributed by atoms with Crippen molar-refractivity contribution in [3.8, 4) is 11.5 Å². The van der Waals surface area contributed by atoms with Gasteiger partial charge in [0.25, 0.3) is 0 Å². The standard InChI is InChI=1S/C23H31N3O5S/c1-24-23(19-13-20(29-2)15-21(14-19)30-3)22(17-31-24)32(27,28)26-11-9-25(10-12-26)16-18-7-5-4-6-8-18/h4-8,13-15,22-23H,9-12,16-17H2,1-3H3/t22-,23-/m1/s1. The highest BCUT2D eigenvalue weighted by Gasteiger charge is 2.46. The second kappa shape index (κ2) is 9.76. The van der Waals surface area contributed by atoms with E-state index in [1.165, 1.54) is 5.56 Å². The lowest BCUT2D eigenvalue weighted by molar-refractivity contribution is -0.110. The summed E-state index contributed by atoms with van der Waals surface area (Å²) in [4.78, 5) is 7.99. The number of piperazine rings is 1. The van der Waals surface area contributed by atoms with E-state index >= 15 is 0 Å². The summed E-state index contributed by atoms with van der Waals surface area (Å²) in [5.41, 5.74) is 2.03. The highest BCUT2D eigenvalue weighted by molar-refractivity contribution is 7.89. The molecule has 0 unspecified atom stereocenters. The van der Waals surface area contributed by atoms with Gasteiger partial charge in [-0.3, -0.25) is 9.74 Å². The van der Waals surface area contributed by atoms with Gasteiger partial charge in [0.1, 0.15) is 16.7 Å². The molecule has 0 bridgehead atoms. The van der Waals surface area contributed by atoms with E-state index in [0.29, 0.717) is 37.7 Å². The van der Waals surface area contributed by atoms with Crippen LogP contribution in [0.15, 0.2) is 48.5 Å². The first kappa shape index (κ1) is 23.0. The van der Waals surface area contributed by atoms with Crippen LogP contribution in [0.5, 0.6) is 11.5 Å². The van der Waals surface area contributed by atoms with Gasteiger partial charge in [0.15, 0.2) is 0 Å². The van der Waals surface area contributed by atoms with E-state index in [1.54, 1.807) is 36.7 Å². The van der Waals surface area contributed by atoms with Crippen LogP contribution in [0.25, 0.3) is 0 Å². The molecule has 0 aromatic heterocycles. The molecule has 0 amide bonds. The highest BCUT2D eigenvalue weighted by Crippen LogP contribution is 2.38. The van der Waals surface area contributed by atoms with E-state index in [0.717, 1.165) is 12.1 Å². The zero-order valence-electron chi connectivity index (χ0n) is 18.8. The van der Waals surface area contributed by atoms with Crippen molar-refractivity contribution in [2.24, 2.45) is 0 Å². The van der Waals surface area contributed by atoms with Crippen molar-refractivity contribution in [2.45, 2.75) is 17.8 Å². The molecule has 2 fully saturated rings. The van der Waals surface area contributed by atoms with E-state index in [-0.39, 0.29) is 6.61 Å². The molecule has 0 saturated carbocycles. The maximum absolute atomic E-state index is 13.6. The minimum atomic E-state index is -3.57. The molecule has 2 aromatic carbocycles.